The van der Waals surface area contributed by atoms with Crippen molar-refractivity contribution in [2.75, 3.05) is 7.11 Å². The molecule has 3 rings (SSSR count). The van der Waals surface area contributed by atoms with E-state index in [1.807, 2.05) is 22.6 Å². The molecular weight excluding hydrogens is 443 g/mol. The first-order valence-corrected chi connectivity index (χ1v) is 8.98. The molecule has 2 aromatic heterocycles. The standard InChI is InChI=1S/C13H11IO8S/c1-4-13(2,14)12(16)21-7-6-5(11(15)19-3)10-9(20-6)8(7)22-23(10,17)18/h4H2,1-3H3. The van der Waals surface area contributed by atoms with Gasteiger partial charge in [-0.3, -0.25) is 4.79 Å². The molecule has 1 atom stereocenters. The zero-order valence-corrected chi connectivity index (χ0v) is 15.2. The van der Waals surface area contributed by atoms with Crippen molar-refractivity contribution in [3.05, 3.63) is 5.56 Å². The third kappa shape index (κ3) is 2.18. The second kappa shape index (κ2) is 4.97. The quantitative estimate of drug-likeness (QED) is 0.228. The molecule has 8 nitrogen and oxygen atoms in total. The van der Waals surface area contributed by atoms with Gasteiger partial charge in [-0.1, -0.05) is 29.5 Å². The first kappa shape index (κ1) is 16.3. The lowest BCUT2D eigenvalue weighted by molar-refractivity contribution is -0.136. The summed E-state index contributed by atoms with van der Waals surface area (Å²) in [7, 11) is -3.10. The fourth-order valence-electron chi connectivity index (χ4n) is 2.12. The van der Waals surface area contributed by atoms with E-state index >= 15 is 0 Å². The number of methoxy groups -OCH3 is 1. The van der Waals surface area contributed by atoms with Gasteiger partial charge >= 0.3 is 22.1 Å². The number of benzene rings is 1. The van der Waals surface area contributed by atoms with E-state index in [1.165, 1.54) is 0 Å². The third-order valence-electron chi connectivity index (χ3n) is 3.60. The van der Waals surface area contributed by atoms with Crippen molar-refractivity contribution in [3.63, 3.8) is 0 Å². The second-order valence-electron chi connectivity index (χ2n) is 5.09. The van der Waals surface area contributed by atoms with E-state index in [9.17, 15) is 18.0 Å². The van der Waals surface area contributed by atoms with Gasteiger partial charge in [0, 0.05) is 0 Å². The number of esters is 2. The summed E-state index contributed by atoms with van der Waals surface area (Å²) in [6.07, 6.45) is 0.492. The van der Waals surface area contributed by atoms with Crippen LogP contribution in [-0.4, -0.2) is 30.9 Å². The minimum atomic E-state index is -4.20. The van der Waals surface area contributed by atoms with Gasteiger partial charge in [0.1, 0.15) is 8.99 Å². The van der Waals surface area contributed by atoms with Gasteiger partial charge in [-0.15, -0.1) is 0 Å². The summed E-state index contributed by atoms with van der Waals surface area (Å²) in [6, 6.07) is 0. The van der Waals surface area contributed by atoms with Gasteiger partial charge in [-0.2, -0.15) is 8.42 Å². The maximum Gasteiger partial charge on any atom is 0.344 e. The van der Waals surface area contributed by atoms with Crippen LogP contribution in [0.2, 0.25) is 0 Å². The van der Waals surface area contributed by atoms with E-state index in [0.29, 0.717) is 6.42 Å². The Labute approximate surface area is 144 Å². The van der Waals surface area contributed by atoms with E-state index < -0.39 is 25.5 Å². The van der Waals surface area contributed by atoms with E-state index in [0.717, 1.165) is 7.11 Å². The van der Waals surface area contributed by atoms with Crippen LogP contribution in [0.5, 0.6) is 11.5 Å². The molecule has 1 unspecified atom stereocenters. The van der Waals surface area contributed by atoms with Gasteiger partial charge in [0.2, 0.25) is 11.5 Å². The summed E-state index contributed by atoms with van der Waals surface area (Å²) in [4.78, 5) is 23.7. The van der Waals surface area contributed by atoms with Gasteiger partial charge in [0.05, 0.1) is 7.11 Å². The number of carbonyl (C=O) groups is 2. The van der Waals surface area contributed by atoms with Crippen molar-refractivity contribution in [1.82, 2.24) is 0 Å². The average molecular weight is 454 g/mol. The molecule has 0 saturated heterocycles. The number of halogens is 1. The highest BCUT2D eigenvalue weighted by Gasteiger charge is 2.48. The lowest BCUT2D eigenvalue weighted by Gasteiger charge is -2.17. The molecule has 10 heteroatoms. The molecule has 0 amide bonds. The van der Waals surface area contributed by atoms with E-state index in [2.05, 4.69) is 4.74 Å². The summed E-state index contributed by atoms with van der Waals surface area (Å²) in [5, 5.41) is 0. The van der Waals surface area contributed by atoms with Crippen molar-refractivity contribution in [2.45, 2.75) is 28.6 Å². The second-order valence-corrected chi connectivity index (χ2v) is 8.96. The third-order valence-corrected chi connectivity index (χ3v) is 6.08. The SMILES string of the molecule is CCC(C)(I)C(=O)Oc1c2c3oc1c(C(=O)OC)c3S(=O)(=O)O2. The molecule has 3 heterocycles. The van der Waals surface area contributed by atoms with Crippen molar-refractivity contribution in [2.24, 2.45) is 0 Å². The number of rotatable bonds is 4. The Morgan fingerprint density at radius 3 is 2.52 bits per heavy atom. The maximum atomic E-state index is 12.2. The van der Waals surface area contributed by atoms with E-state index in [-0.39, 0.29) is 33.1 Å². The fraction of sp³-hybridized carbons (Fsp3) is 0.385. The topological polar surface area (TPSA) is 109 Å². The molecular formula is C13H11IO8S. The lowest BCUT2D eigenvalue weighted by atomic mass is 10.1. The molecule has 0 radical (unpaired) electrons. The number of fused-ring (bicyclic) bond motifs is 1. The van der Waals surface area contributed by atoms with Gasteiger partial charge in [0.25, 0.3) is 0 Å². The molecule has 2 bridgehead atoms. The molecule has 1 aliphatic rings. The maximum absolute atomic E-state index is 12.2. The summed E-state index contributed by atoms with van der Waals surface area (Å²) in [5.41, 5.74) is -0.636. The molecule has 0 fully saturated rings. The zero-order chi connectivity index (χ0) is 17.2. The first-order valence-electron chi connectivity index (χ1n) is 6.50. The van der Waals surface area contributed by atoms with Crippen molar-refractivity contribution < 1.29 is 36.1 Å². The van der Waals surface area contributed by atoms with Gasteiger partial charge in [0.15, 0.2) is 16.1 Å². The summed E-state index contributed by atoms with van der Waals surface area (Å²) in [5.74, 6) is -1.95. The lowest BCUT2D eigenvalue weighted by Crippen LogP contribution is -2.31. The van der Waals surface area contributed by atoms with Crippen LogP contribution in [0.3, 0.4) is 0 Å². The number of hydrogen-bond donors (Lipinski definition) is 0. The Kier molecular flexibility index (Phi) is 3.52. The molecule has 0 spiro atoms. The molecule has 0 saturated carbocycles. The van der Waals surface area contributed by atoms with Crippen LogP contribution in [0.25, 0.3) is 11.2 Å². The normalized spacial score (nSPS) is 17.7. The van der Waals surface area contributed by atoms with Crippen LogP contribution in [0, 0.1) is 0 Å². The zero-order valence-electron chi connectivity index (χ0n) is 12.3. The molecule has 0 aromatic carbocycles. The molecule has 0 aliphatic carbocycles. The van der Waals surface area contributed by atoms with Crippen LogP contribution in [0.15, 0.2) is 9.31 Å². The summed E-state index contributed by atoms with van der Waals surface area (Å²) < 4.78 is 43.2. The highest BCUT2D eigenvalue weighted by molar-refractivity contribution is 14.1. The molecule has 23 heavy (non-hydrogen) atoms. The average Bonchev–Trinajstić information content (AvgIpc) is 3.08. The molecule has 1 aliphatic heterocycles. The van der Waals surface area contributed by atoms with Crippen LogP contribution in [0.4, 0.5) is 0 Å². The van der Waals surface area contributed by atoms with Crippen molar-refractivity contribution in [1.29, 1.82) is 0 Å². The summed E-state index contributed by atoms with van der Waals surface area (Å²) >= 11 is 1.93. The monoisotopic (exact) mass is 454 g/mol. The highest BCUT2D eigenvalue weighted by atomic mass is 127. The van der Waals surface area contributed by atoms with Crippen molar-refractivity contribution in [3.8, 4) is 11.5 Å². The minimum Gasteiger partial charge on any atom is -0.465 e. The Balaban J connectivity index is 2.15. The van der Waals surface area contributed by atoms with Crippen LogP contribution < -0.4 is 8.92 Å². The predicted molar refractivity (Wildman–Crippen MR) is 84.9 cm³/mol. The van der Waals surface area contributed by atoms with E-state index in [1.54, 1.807) is 13.8 Å². The van der Waals surface area contributed by atoms with Crippen molar-refractivity contribution >= 4 is 55.8 Å². The Bertz CT molecular complexity index is 923. The Hall–Kier alpha value is -1.56. The number of ether oxygens (including phenoxy) is 2. The first-order chi connectivity index (χ1) is 10.6. The van der Waals surface area contributed by atoms with Gasteiger partial charge < -0.3 is 18.1 Å². The number of hydrogen-bond acceptors (Lipinski definition) is 8. The smallest absolute Gasteiger partial charge is 0.344 e. The number of carbonyl (C=O) groups excluding carboxylic acids is 2. The highest BCUT2D eigenvalue weighted by Crippen LogP contribution is 2.55. The van der Waals surface area contributed by atoms with E-state index in [4.69, 9.17) is 13.3 Å². The Morgan fingerprint density at radius 2 is 1.96 bits per heavy atom. The largest absolute Gasteiger partial charge is 0.465 e. The Morgan fingerprint density at radius 1 is 1.30 bits per heavy atom. The van der Waals surface area contributed by atoms with Crippen LogP contribution in [-0.2, 0) is 19.6 Å². The summed E-state index contributed by atoms with van der Waals surface area (Å²) in [6.45, 7) is 3.47. The fourth-order valence-corrected chi connectivity index (χ4v) is 3.47. The molecule has 0 N–H and O–H groups in total. The molecule has 2 aromatic rings. The number of alkyl halides is 1. The van der Waals surface area contributed by atoms with Gasteiger partial charge in [-0.25, -0.2) is 4.79 Å². The minimum absolute atomic E-state index is 0.144. The molecule has 124 valence electrons. The van der Waals surface area contributed by atoms with Gasteiger partial charge in [-0.05, 0) is 13.3 Å². The number of furan rings is 2. The van der Waals surface area contributed by atoms with Crippen LogP contribution >= 0.6 is 22.6 Å². The predicted octanol–water partition coefficient (Wildman–Crippen LogP) is 2.25. The van der Waals surface area contributed by atoms with Crippen LogP contribution in [0.1, 0.15) is 30.6 Å².